The van der Waals surface area contributed by atoms with Crippen molar-refractivity contribution >= 4 is 6.09 Å². The van der Waals surface area contributed by atoms with E-state index in [2.05, 4.69) is 11.5 Å². The van der Waals surface area contributed by atoms with Gasteiger partial charge in [-0.25, -0.2) is 4.79 Å². The molecule has 0 radical (unpaired) electrons. The van der Waals surface area contributed by atoms with Crippen LogP contribution in [0.4, 0.5) is 4.79 Å². The monoisotopic (exact) mass is 184 g/mol. The third kappa shape index (κ3) is 3.06. The van der Waals surface area contributed by atoms with Gasteiger partial charge < -0.3 is 14.5 Å². The summed E-state index contributed by atoms with van der Waals surface area (Å²) in [7, 11) is 2.05. The number of hydrogen-bond donors (Lipinski definition) is 0. The van der Waals surface area contributed by atoms with Gasteiger partial charge in [-0.15, -0.1) is 0 Å². The maximum Gasteiger partial charge on any atom is 0.410 e. The van der Waals surface area contributed by atoms with E-state index in [0.717, 1.165) is 26.2 Å². The molecule has 0 unspecified atom stereocenters. The minimum Gasteiger partial charge on any atom is -0.445 e. The van der Waals surface area contributed by atoms with E-state index < -0.39 is 0 Å². The highest BCUT2D eigenvalue weighted by Crippen LogP contribution is 2.01. The van der Waals surface area contributed by atoms with Gasteiger partial charge in [0.05, 0.1) is 0 Å². The van der Waals surface area contributed by atoms with Crippen molar-refractivity contribution in [3.8, 4) is 0 Å². The molecule has 0 aromatic heterocycles. The summed E-state index contributed by atoms with van der Waals surface area (Å²) in [5, 5.41) is 0. The SMILES string of the molecule is C=CCOC(=O)N1CCN(C)CC1. The largest absolute Gasteiger partial charge is 0.445 e. The summed E-state index contributed by atoms with van der Waals surface area (Å²) < 4.78 is 4.92. The van der Waals surface area contributed by atoms with Gasteiger partial charge in [0.25, 0.3) is 0 Å². The number of amides is 1. The first-order chi connectivity index (χ1) is 6.24. The molecule has 1 aliphatic heterocycles. The van der Waals surface area contributed by atoms with Crippen LogP contribution < -0.4 is 0 Å². The van der Waals surface area contributed by atoms with Gasteiger partial charge in [-0.1, -0.05) is 12.7 Å². The fraction of sp³-hybridized carbons (Fsp3) is 0.667. The second-order valence-corrected chi connectivity index (χ2v) is 3.16. The average Bonchev–Trinajstić information content (AvgIpc) is 2.15. The summed E-state index contributed by atoms with van der Waals surface area (Å²) in [6.07, 6.45) is 1.35. The molecule has 4 heteroatoms. The van der Waals surface area contributed by atoms with Gasteiger partial charge in [-0.2, -0.15) is 0 Å². The van der Waals surface area contributed by atoms with Crippen LogP contribution in [0, 0.1) is 0 Å². The molecule has 1 fully saturated rings. The first kappa shape index (κ1) is 10.1. The highest BCUT2D eigenvalue weighted by atomic mass is 16.6. The average molecular weight is 184 g/mol. The molecule has 0 atom stereocenters. The van der Waals surface area contributed by atoms with Crippen LogP contribution in [0.1, 0.15) is 0 Å². The van der Waals surface area contributed by atoms with Crippen molar-refractivity contribution in [3.63, 3.8) is 0 Å². The van der Waals surface area contributed by atoms with E-state index in [-0.39, 0.29) is 6.09 Å². The second-order valence-electron chi connectivity index (χ2n) is 3.16. The Labute approximate surface area is 78.8 Å². The molecule has 4 nitrogen and oxygen atoms in total. The summed E-state index contributed by atoms with van der Waals surface area (Å²) in [5.41, 5.74) is 0. The molecule has 0 bridgehead atoms. The van der Waals surface area contributed by atoms with Crippen LogP contribution in [0.5, 0.6) is 0 Å². The van der Waals surface area contributed by atoms with Crippen molar-refractivity contribution < 1.29 is 9.53 Å². The highest BCUT2D eigenvalue weighted by molar-refractivity contribution is 5.67. The van der Waals surface area contributed by atoms with Gasteiger partial charge in [-0.05, 0) is 7.05 Å². The Kier molecular flexibility index (Phi) is 3.76. The summed E-state index contributed by atoms with van der Waals surface area (Å²) in [6, 6.07) is 0. The minimum atomic E-state index is -0.229. The molecule has 0 saturated carbocycles. The predicted octanol–water partition coefficient (Wildman–Crippen LogP) is 0.556. The second kappa shape index (κ2) is 4.87. The first-order valence-corrected chi connectivity index (χ1v) is 4.45. The summed E-state index contributed by atoms with van der Waals surface area (Å²) in [5.74, 6) is 0. The standard InChI is InChI=1S/C9H16N2O2/c1-3-8-13-9(12)11-6-4-10(2)5-7-11/h3H,1,4-8H2,2H3. The smallest absolute Gasteiger partial charge is 0.410 e. The van der Waals surface area contributed by atoms with Crippen LogP contribution in [0.15, 0.2) is 12.7 Å². The van der Waals surface area contributed by atoms with E-state index in [0.29, 0.717) is 6.61 Å². The molecular weight excluding hydrogens is 168 g/mol. The van der Waals surface area contributed by atoms with E-state index in [9.17, 15) is 4.79 Å². The fourth-order valence-corrected chi connectivity index (χ4v) is 1.21. The van der Waals surface area contributed by atoms with E-state index in [4.69, 9.17) is 4.74 Å². The fourth-order valence-electron chi connectivity index (χ4n) is 1.21. The van der Waals surface area contributed by atoms with Crippen LogP contribution in [0.2, 0.25) is 0 Å². The lowest BCUT2D eigenvalue weighted by molar-refractivity contribution is 0.0896. The predicted molar refractivity (Wildman–Crippen MR) is 50.6 cm³/mol. The van der Waals surface area contributed by atoms with Gasteiger partial charge in [0.15, 0.2) is 0 Å². The van der Waals surface area contributed by atoms with E-state index >= 15 is 0 Å². The normalized spacial score (nSPS) is 18.4. The Morgan fingerprint density at radius 1 is 1.46 bits per heavy atom. The molecule has 1 heterocycles. The summed E-state index contributed by atoms with van der Waals surface area (Å²) in [4.78, 5) is 15.2. The summed E-state index contributed by atoms with van der Waals surface area (Å²) in [6.45, 7) is 7.14. The Morgan fingerprint density at radius 2 is 2.08 bits per heavy atom. The Hall–Kier alpha value is -1.03. The first-order valence-electron chi connectivity index (χ1n) is 4.45. The number of carbonyl (C=O) groups is 1. The molecule has 0 aromatic rings. The van der Waals surface area contributed by atoms with Crippen molar-refractivity contribution in [1.29, 1.82) is 0 Å². The Bertz CT molecular complexity index is 186. The number of carbonyl (C=O) groups excluding carboxylic acids is 1. The number of piperazine rings is 1. The number of nitrogens with zero attached hydrogens (tertiary/aromatic N) is 2. The van der Waals surface area contributed by atoms with Crippen molar-refractivity contribution in [2.24, 2.45) is 0 Å². The van der Waals surface area contributed by atoms with E-state index in [1.807, 2.05) is 7.05 Å². The minimum absolute atomic E-state index is 0.229. The van der Waals surface area contributed by atoms with E-state index in [1.54, 1.807) is 11.0 Å². The third-order valence-corrected chi connectivity index (χ3v) is 2.09. The van der Waals surface area contributed by atoms with Gasteiger partial charge in [0, 0.05) is 26.2 Å². The van der Waals surface area contributed by atoms with Gasteiger partial charge in [0.2, 0.25) is 0 Å². The lowest BCUT2D eigenvalue weighted by Crippen LogP contribution is -2.47. The number of ether oxygens (including phenoxy) is 1. The van der Waals surface area contributed by atoms with E-state index in [1.165, 1.54) is 0 Å². The van der Waals surface area contributed by atoms with Gasteiger partial charge in [-0.3, -0.25) is 0 Å². The molecule has 0 spiro atoms. The Morgan fingerprint density at radius 3 is 2.62 bits per heavy atom. The van der Waals surface area contributed by atoms with Crippen LogP contribution in [-0.2, 0) is 4.74 Å². The van der Waals surface area contributed by atoms with Crippen molar-refractivity contribution in [1.82, 2.24) is 9.80 Å². The van der Waals surface area contributed by atoms with Crippen molar-refractivity contribution in [3.05, 3.63) is 12.7 Å². The number of rotatable bonds is 2. The molecule has 0 N–H and O–H groups in total. The molecule has 1 aliphatic rings. The zero-order chi connectivity index (χ0) is 9.68. The zero-order valence-electron chi connectivity index (χ0n) is 8.03. The third-order valence-electron chi connectivity index (χ3n) is 2.09. The zero-order valence-corrected chi connectivity index (χ0v) is 8.03. The molecule has 1 amide bonds. The van der Waals surface area contributed by atoms with Crippen LogP contribution in [0.3, 0.4) is 0 Å². The quantitative estimate of drug-likeness (QED) is 0.588. The van der Waals surface area contributed by atoms with Gasteiger partial charge >= 0.3 is 6.09 Å². The molecule has 1 rings (SSSR count). The van der Waals surface area contributed by atoms with Crippen LogP contribution >= 0.6 is 0 Å². The maximum atomic E-state index is 11.3. The molecule has 1 saturated heterocycles. The van der Waals surface area contributed by atoms with Crippen LogP contribution in [0.25, 0.3) is 0 Å². The molecular formula is C9H16N2O2. The van der Waals surface area contributed by atoms with Crippen LogP contribution in [-0.4, -0.2) is 55.7 Å². The summed E-state index contributed by atoms with van der Waals surface area (Å²) >= 11 is 0. The maximum absolute atomic E-state index is 11.3. The number of hydrogen-bond acceptors (Lipinski definition) is 3. The molecule has 0 aliphatic carbocycles. The molecule has 74 valence electrons. The molecule has 0 aromatic carbocycles. The number of likely N-dealkylation sites (N-methyl/N-ethyl adjacent to an activating group) is 1. The lowest BCUT2D eigenvalue weighted by atomic mass is 10.3. The Balaban J connectivity index is 2.27. The van der Waals surface area contributed by atoms with Crippen molar-refractivity contribution in [2.45, 2.75) is 0 Å². The lowest BCUT2D eigenvalue weighted by Gasteiger charge is -2.31. The van der Waals surface area contributed by atoms with Gasteiger partial charge in [0.1, 0.15) is 6.61 Å². The highest BCUT2D eigenvalue weighted by Gasteiger charge is 2.19. The van der Waals surface area contributed by atoms with Crippen molar-refractivity contribution in [2.75, 3.05) is 39.8 Å². The molecule has 13 heavy (non-hydrogen) atoms. The topological polar surface area (TPSA) is 32.8 Å².